The lowest BCUT2D eigenvalue weighted by molar-refractivity contribution is 0.0303. The molecule has 0 saturated carbocycles. The number of imidazole rings is 1. The lowest BCUT2D eigenvalue weighted by Gasteiger charge is -2.26. The quantitative estimate of drug-likeness (QED) is 0.350. The number of nitrogens with zero attached hydrogens (tertiary/aromatic N) is 5. The Kier molecular flexibility index (Phi) is 6.73. The van der Waals surface area contributed by atoms with Crippen LogP contribution in [0.4, 0.5) is 11.5 Å². The van der Waals surface area contributed by atoms with E-state index in [0.29, 0.717) is 43.2 Å². The minimum atomic E-state index is 0.0220. The zero-order valence-electron chi connectivity index (χ0n) is 21.5. The summed E-state index contributed by atoms with van der Waals surface area (Å²) in [6.07, 6.45) is 3.46. The molecule has 4 heterocycles. The Balaban J connectivity index is 1.22. The van der Waals surface area contributed by atoms with E-state index in [1.807, 2.05) is 65.6 Å². The maximum atomic E-state index is 12.8. The molecule has 1 saturated heterocycles. The van der Waals surface area contributed by atoms with Crippen molar-refractivity contribution < 1.29 is 9.53 Å². The molecule has 2 aromatic carbocycles. The summed E-state index contributed by atoms with van der Waals surface area (Å²) in [5, 5.41) is 8.10. The van der Waals surface area contributed by atoms with Gasteiger partial charge in [0.05, 0.1) is 25.1 Å². The molecule has 8 nitrogen and oxygen atoms in total. The number of hydrogen-bond acceptors (Lipinski definition) is 6. The third-order valence-corrected chi connectivity index (χ3v) is 6.47. The zero-order chi connectivity index (χ0) is 26.6. The zero-order valence-corrected chi connectivity index (χ0v) is 21.5. The molecule has 0 atom stereocenters. The van der Waals surface area contributed by atoms with Crippen LogP contribution in [0, 0.1) is 18.8 Å². The Morgan fingerprint density at radius 1 is 0.949 bits per heavy atom. The molecule has 1 N–H and O–H groups in total. The monoisotopic (exact) mass is 514 g/mol. The van der Waals surface area contributed by atoms with Crippen LogP contribution in [-0.4, -0.2) is 56.7 Å². The molecule has 1 aliphatic heterocycles. The maximum Gasteiger partial charge on any atom is 0.254 e. The number of fused-ring (bicyclic) bond motifs is 1. The number of rotatable bonds is 4. The van der Waals surface area contributed by atoms with E-state index in [2.05, 4.69) is 46.2 Å². The predicted molar refractivity (Wildman–Crippen MR) is 150 cm³/mol. The molecule has 6 rings (SSSR count). The Labute approximate surface area is 226 Å². The van der Waals surface area contributed by atoms with Crippen molar-refractivity contribution in [2.75, 3.05) is 31.6 Å². The number of amides is 1. The summed E-state index contributed by atoms with van der Waals surface area (Å²) in [4.78, 5) is 23.4. The Hall–Kier alpha value is -5.00. The van der Waals surface area contributed by atoms with Gasteiger partial charge in [0, 0.05) is 41.7 Å². The number of benzene rings is 2. The highest BCUT2D eigenvalue weighted by Crippen LogP contribution is 2.20. The molecule has 0 spiro atoms. The fourth-order valence-corrected chi connectivity index (χ4v) is 4.43. The molecule has 3 aromatic heterocycles. The van der Waals surface area contributed by atoms with Gasteiger partial charge in [-0.1, -0.05) is 30.2 Å². The second-order valence-corrected chi connectivity index (χ2v) is 9.29. The summed E-state index contributed by atoms with van der Waals surface area (Å²) in [5.74, 6) is 7.15. The third-order valence-electron chi connectivity index (χ3n) is 6.47. The topological polar surface area (TPSA) is 84.7 Å². The minimum absolute atomic E-state index is 0.0220. The van der Waals surface area contributed by atoms with Gasteiger partial charge in [0.2, 0.25) is 0 Å². The van der Waals surface area contributed by atoms with Crippen LogP contribution < -0.4 is 5.32 Å². The molecule has 1 amide bonds. The van der Waals surface area contributed by atoms with Crippen LogP contribution in [0.2, 0.25) is 0 Å². The second-order valence-electron chi connectivity index (χ2n) is 9.29. The Bertz CT molecular complexity index is 1710. The number of anilines is 2. The minimum Gasteiger partial charge on any atom is -0.378 e. The van der Waals surface area contributed by atoms with E-state index in [1.54, 1.807) is 16.9 Å². The largest absolute Gasteiger partial charge is 0.378 e. The smallest absolute Gasteiger partial charge is 0.254 e. The lowest BCUT2D eigenvalue weighted by atomic mass is 10.1. The van der Waals surface area contributed by atoms with Crippen LogP contribution in [0.1, 0.15) is 27.2 Å². The molecule has 8 heteroatoms. The number of morpholine rings is 1. The summed E-state index contributed by atoms with van der Waals surface area (Å²) >= 11 is 0. The van der Waals surface area contributed by atoms with E-state index >= 15 is 0 Å². The van der Waals surface area contributed by atoms with Gasteiger partial charge in [-0.2, -0.15) is 5.10 Å². The second kappa shape index (κ2) is 10.8. The molecule has 0 unspecified atom stereocenters. The molecule has 0 radical (unpaired) electrons. The van der Waals surface area contributed by atoms with Gasteiger partial charge in [0.15, 0.2) is 5.65 Å². The number of hydrogen-bond donors (Lipinski definition) is 1. The van der Waals surface area contributed by atoms with E-state index in [4.69, 9.17) is 9.84 Å². The van der Waals surface area contributed by atoms with Gasteiger partial charge in [-0.15, -0.1) is 0 Å². The fraction of sp³-hybridized carbons (Fsp3) is 0.161. The van der Waals surface area contributed by atoms with Crippen LogP contribution in [0.25, 0.3) is 16.9 Å². The number of aromatic nitrogens is 4. The van der Waals surface area contributed by atoms with E-state index < -0.39 is 0 Å². The van der Waals surface area contributed by atoms with Gasteiger partial charge in [0.25, 0.3) is 5.91 Å². The number of aryl methyl sites for hydroxylation is 1. The molecule has 0 aliphatic carbocycles. The Morgan fingerprint density at radius 2 is 1.79 bits per heavy atom. The van der Waals surface area contributed by atoms with E-state index in [-0.39, 0.29) is 5.91 Å². The highest BCUT2D eigenvalue weighted by atomic mass is 16.5. The SMILES string of the molecule is Cc1cccc(Nc2cc(C#Cc3cnc4ccc(-c5ccc(C(=O)N6CCOCC6)cc5)nn34)ccn2)c1. The molecule has 1 fully saturated rings. The van der Waals surface area contributed by atoms with Crippen molar-refractivity contribution in [3.8, 4) is 23.1 Å². The maximum absolute atomic E-state index is 12.8. The van der Waals surface area contributed by atoms with E-state index in [9.17, 15) is 4.79 Å². The van der Waals surface area contributed by atoms with E-state index in [1.165, 1.54) is 5.56 Å². The predicted octanol–water partition coefficient (Wildman–Crippen LogP) is 4.72. The van der Waals surface area contributed by atoms with Crippen molar-refractivity contribution in [2.45, 2.75) is 6.92 Å². The number of nitrogens with one attached hydrogen (secondary N) is 1. The van der Waals surface area contributed by atoms with Crippen molar-refractivity contribution >= 4 is 23.1 Å². The summed E-state index contributed by atoms with van der Waals surface area (Å²) in [7, 11) is 0. The first-order valence-corrected chi connectivity index (χ1v) is 12.8. The van der Waals surface area contributed by atoms with Crippen LogP contribution in [-0.2, 0) is 4.74 Å². The van der Waals surface area contributed by atoms with E-state index in [0.717, 1.165) is 28.3 Å². The summed E-state index contributed by atoms with van der Waals surface area (Å²) < 4.78 is 7.09. The molecule has 5 aromatic rings. The standard InChI is InChI=1S/C31H26N6O2/c1-22-3-2-4-26(19-22)34-29-20-23(13-14-32-29)5-10-27-21-33-30-12-11-28(35-37(27)30)24-6-8-25(9-7-24)31(38)36-15-17-39-18-16-36/h2-4,6-9,11-14,19-21H,15-18H2,1H3,(H,32,34). The number of pyridine rings is 1. The van der Waals surface area contributed by atoms with Crippen molar-refractivity contribution in [3.63, 3.8) is 0 Å². The number of carbonyl (C=O) groups excluding carboxylic acids is 1. The lowest BCUT2D eigenvalue weighted by Crippen LogP contribution is -2.40. The van der Waals surface area contributed by atoms with Crippen molar-refractivity contribution in [2.24, 2.45) is 0 Å². The van der Waals surface area contributed by atoms with Gasteiger partial charge in [-0.3, -0.25) is 4.79 Å². The molecular formula is C31H26N6O2. The van der Waals surface area contributed by atoms with Gasteiger partial charge in [-0.25, -0.2) is 14.5 Å². The first-order chi connectivity index (χ1) is 19.1. The van der Waals surface area contributed by atoms with Gasteiger partial charge in [-0.05, 0) is 66.9 Å². The highest BCUT2D eigenvalue weighted by Gasteiger charge is 2.18. The van der Waals surface area contributed by atoms with Crippen molar-refractivity contribution in [3.05, 3.63) is 108 Å². The Morgan fingerprint density at radius 3 is 2.62 bits per heavy atom. The molecule has 39 heavy (non-hydrogen) atoms. The molecule has 1 aliphatic rings. The van der Waals surface area contributed by atoms with Gasteiger partial charge < -0.3 is 15.0 Å². The fourth-order valence-electron chi connectivity index (χ4n) is 4.43. The van der Waals surface area contributed by atoms with Crippen LogP contribution >= 0.6 is 0 Å². The average molecular weight is 515 g/mol. The van der Waals surface area contributed by atoms with Gasteiger partial charge in [0.1, 0.15) is 11.5 Å². The molecular weight excluding hydrogens is 488 g/mol. The van der Waals surface area contributed by atoms with Crippen molar-refractivity contribution in [1.82, 2.24) is 24.5 Å². The molecule has 192 valence electrons. The number of ether oxygens (including phenoxy) is 1. The first kappa shape index (κ1) is 24.3. The average Bonchev–Trinajstić information content (AvgIpc) is 3.39. The highest BCUT2D eigenvalue weighted by molar-refractivity contribution is 5.94. The van der Waals surface area contributed by atoms with Gasteiger partial charge >= 0.3 is 0 Å². The summed E-state index contributed by atoms with van der Waals surface area (Å²) in [6.45, 7) is 4.45. The van der Waals surface area contributed by atoms with Crippen molar-refractivity contribution in [1.29, 1.82) is 0 Å². The van der Waals surface area contributed by atoms with Crippen LogP contribution in [0.3, 0.4) is 0 Å². The normalized spacial score (nSPS) is 13.1. The first-order valence-electron chi connectivity index (χ1n) is 12.8. The molecule has 0 bridgehead atoms. The number of carbonyl (C=O) groups is 1. The van der Waals surface area contributed by atoms with Crippen LogP contribution in [0.5, 0.6) is 0 Å². The van der Waals surface area contributed by atoms with Crippen LogP contribution in [0.15, 0.2) is 85.2 Å². The summed E-state index contributed by atoms with van der Waals surface area (Å²) in [6, 6.07) is 23.3. The summed E-state index contributed by atoms with van der Waals surface area (Å²) in [5.41, 5.74) is 6.69. The third kappa shape index (κ3) is 5.49.